The van der Waals surface area contributed by atoms with E-state index in [9.17, 15) is 0 Å². The lowest BCUT2D eigenvalue weighted by Crippen LogP contribution is -2.31. The number of benzene rings is 1. The molecule has 0 spiro atoms. The van der Waals surface area contributed by atoms with Crippen LogP contribution in [-0.4, -0.2) is 33.8 Å². The fourth-order valence-electron chi connectivity index (χ4n) is 1.47. The fourth-order valence-corrected chi connectivity index (χ4v) is 1.47. The van der Waals surface area contributed by atoms with Crippen LogP contribution in [0.1, 0.15) is 13.3 Å². The van der Waals surface area contributed by atoms with Crippen LogP contribution in [0.4, 0.5) is 5.69 Å². The molecule has 0 saturated heterocycles. The van der Waals surface area contributed by atoms with Gasteiger partial charge in [0.25, 0.3) is 0 Å². The molecule has 0 aromatic heterocycles. The van der Waals surface area contributed by atoms with Crippen molar-refractivity contribution in [2.75, 3.05) is 33.1 Å². The van der Waals surface area contributed by atoms with E-state index in [4.69, 9.17) is 9.47 Å². The van der Waals surface area contributed by atoms with Gasteiger partial charge in [-0.2, -0.15) is 0 Å². The van der Waals surface area contributed by atoms with Crippen molar-refractivity contribution in [2.24, 2.45) is 4.99 Å². The highest BCUT2D eigenvalue weighted by Gasteiger charge is 2.05. The molecule has 0 aliphatic carbocycles. The van der Waals surface area contributed by atoms with Crippen LogP contribution in [0.5, 0.6) is 11.5 Å². The van der Waals surface area contributed by atoms with Gasteiger partial charge < -0.3 is 20.1 Å². The van der Waals surface area contributed by atoms with E-state index in [1.54, 1.807) is 21.3 Å². The van der Waals surface area contributed by atoms with E-state index in [1.807, 2.05) is 18.2 Å². The van der Waals surface area contributed by atoms with Crippen molar-refractivity contribution in [1.29, 1.82) is 0 Å². The minimum atomic E-state index is 0. The Kier molecular flexibility index (Phi) is 9.11. The number of nitrogens with zero attached hydrogens (tertiary/aromatic N) is 1. The first-order valence-corrected chi connectivity index (χ1v) is 5.94. The molecule has 19 heavy (non-hydrogen) atoms. The Morgan fingerprint density at radius 1 is 1.21 bits per heavy atom. The average molecular weight is 379 g/mol. The summed E-state index contributed by atoms with van der Waals surface area (Å²) >= 11 is 0. The van der Waals surface area contributed by atoms with Crippen molar-refractivity contribution < 1.29 is 9.47 Å². The van der Waals surface area contributed by atoms with Crippen molar-refractivity contribution in [3.8, 4) is 11.5 Å². The molecule has 0 saturated carbocycles. The lowest BCUT2D eigenvalue weighted by molar-refractivity contribution is 0.355. The molecule has 1 rings (SSSR count). The third-order valence-corrected chi connectivity index (χ3v) is 2.41. The van der Waals surface area contributed by atoms with Crippen LogP contribution < -0.4 is 20.1 Å². The molecule has 0 radical (unpaired) electrons. The summed E-state index contributed by atoms with van der Waals surface area (Å²) in [6.45, 7) is 2.99. The van der Waals surface area contributed by atoms with Crippen molar-refractivity contribution in [2.45, 2.75) is 13.3 Å². The van der Waals surface area contributed by atoms with E-state index >= 15 is 0 Å². The van der Waals surface area contributed by atoms with Crippen molar-refractivity contribution in [3.05, 3.63) is 18.2 Å². The topological polar surface area (TPSA) is 54.9 Å². The molecule has 0 fully saturated rings. The second-order valence-corrected chi connectivity index (χ2v) is 3.69. The van der Waals surface area contributed by atoms with Crippen LogP contribution in [0.15, 0.2) is 23.2 Å². The van der Waals surface area contributed by atoms with Crippen molar-refractivity contribution in [3.63, 3.8) is 0 Å². The van der Waals surface area contributed by atoms with E-state index in [1.165, 1.54) is 0 Å². The molecule has 0 bridgehead atoms. The third kappa shape index (κ3) is 5.54. The van der Waals surface area contributed by atoms with Gasteiger partial charge in [-0.05, 0) is 18.6 Å². The summed E-state index contributed by atoms with van der Waals surface area (Å²) < 4.78 is 10.4. The Balaban J connectivity index is 0.00000324. The maximum Gasteiger partial charge on any atom is 0.195 e. The number of hydrogen-bond donors (Lipinski definition) is 2. The number of anilines is 1. The quantitative estimate of drug-likeness (QED) is 0.469. The molecule has 2 N–H and O–H groups in total. The fraction of sp³-hybridized carbons (Fsp3) is 0.462. The van der Waals surface area contributed by atoms with Gasteiger partial charge in [0.2, 0.25) is 0 Å². The molecule has 0 atom stereocenters. The zero-order valence-corrected chi connectivity index (χ0v) is 14.1. The van der Waals surface area contributed by atoms with Gasteiger partial charge in [-0.15, -0.1) is 24.0 Å². The van der Waals surface area contributed by atoms with E-state index in [2.05, 4.69) is 22.5 Å². The predicted octanol–water partition coefficient (Wildman–Crippen LogP) is 2.72. The van der Waals surface area contributed by atoms with Gasteiger partial charge in [0.1, 0.15) is 0 Å². The van der Waals surface area contributed by atoms with E-state index in [-0.39, 0.29) is 24.0 Å². The van der Waals surface area contributed by atoms with Gasteiger partial charge in [-0.1, -0.05) is 6.92 Å². The molecule has 0 amide bonds. The van der Waals surface area contributed by atoms with Crippen LogP contribution in [0.2, 0.25) is 0 Å². The minimum absolute atomic E-state index is 0. The molecule has 1 aromatic carbocycles. The number of nitrogens with one attached hydrogen (secondary N) is 2. The Labute approximate surface area is 131 Å². The number of halogens is 1. The number of aliphatic imine (C=N–C) groups is 1. The standard InChI is InChI=1S/C13H21N3O2.HI/c1-5-8-15-13(14-2)16-10-6-7-11(17-3)12(9-10)18-4;/h6-7,9H,5,8H2,1-4H3,(H2,14,15,16);1H. The molecular weight excluding hydrogens is 357 g/mol. The van der Waals surface area contributed by atoms with Crippen LogP contribution in [0.3, 0.4) is 0 Å². The summed E-state index contributed by atoms with van der Waals surface area (Å²) in [7, 11) is 4.98. The molecule has 5 nitrogen and oxygen atoms in total. The number of rotatable bonds is 5. The highest BCUT2D eigenvalue weighted by atomic mass is 127. The van der Waals surface area contributed by atoms with Gasteiger partial charge >= 0.3 is 0 Å². The number of methoxy groups -OCH3 is 2. The van der Waals surface area contributed by atoms with Crippen LogP contribution in [0, 0.1) is 0 Å². The maximum absolute atomic E-state index is 5.25. The molecule has 6 heteroatoms. The number of guanidine groups is 1. The lowest BCUT2D eigenvalue weighted by Gasteiger charge is -2.13. The monoisotopic (exact) mass is 379 g/mol. The normalized spacial score (nSPS) is 10.4. The molecule has 1 aromatic rings. The van der Waals surface area contributed by atoms with Crippen LogP contribution in [0.25, 0.3) is 0 Å². The molecule has 0 aliphatic heterocycles. The zero-order chi connectivity index (χ0) is 13.4. The Hall–Kier alpha value is -1.18. The first-order valence-electron chi connectivity index (χ1n) is 5.94. The lowest BCUT2D eigenvalue weighted by atomic mass is 10.3. The number of hydrogen-bond acceptors (Lipinski definition) is 3. The molecule has 0 unspecified atom stereocenters. The minimum Gasteiger partial charge on any atom is -0.493 e. The molecule has 0 aliphatic rings. The highest BCUT2D eigenvalue weighted by Crippen LogP contribution is 2.29. The van der Waals surface area contributed by atoms with Crippen molar-refractivity contribution in [1.82, 2.24) is 5.32 Å². The summed E-state index contributed by atoms with van der Waals surface area (Å²) in [5.41, 5.74) is 0.900. The third-order valence-electron chi connectivity index (χ3n) is 2.41. The Morgan fingerprint density at radius 2 is 1.89 bits per heavy atom. The van der Waals surface area contributed by atoms with Crippen molar-refractivity contribution >= 4 is 35.6 Å². The molecule has 108 valence electrons. The van der Waals surface area contributed by atoms with E-state index < -0.39 is 0 Å². The second kappa shape index (κ2) is 9.71. The predicted molar refractivity (Wildman–Crippen MR) is 90.2 cm³/mol. The molecular formula is C13H22IN3O2. The second-order valence-electron chi connectivity index (χ2n) is 3.69. The SMILES string of the molecule is CCCNC(=NC)Nc1ccc(OC)c(OC)c1.I. The van der Waals surface area contributed by atoms with Gasteiger partial charge in [0.15, 0.2) is 17.5 Å². The summed E-state index contributed by atoms with van der Waals surface area (Å²) in [4.78, 5) is 4.14. The Bertz CT molecular complexity index is 411. The maximum atomic E-state index is 5.25. The summed E-state index contributed by atoms with van der Waals surface area (Å²) in [5, 5.41) is 6.39. The average Bonchev–Trinajstić information content (AvgIpc) is 2.43. The Morgan fingerprint density at radius 3 is 2.42 bits per heavy atom. The molecule has 0 heterocycles. The summed E-state index contributed by atoms with van der Waals surface area (Å²) in [6, 6.07) is 5.64. The number of ether oxygens (including phenoxy) is 2. The van der Waals surface area contributed by atoms with Crippen LogP contribution in [-0.2, 0) is 0 Å². The van der Waals surface area contributed by atoms with E-state index in [0.29, 0.717) is 11.5 Å². The van der Waals surface area contributed by atoms with Crippen LogP contribution >= 0.6 is 24.0 Å². The largest absolute Gasteiger partial charge is 0.493 e. The van der Waals surface area contributed by atoms with Gasteiger partial charge in [-0.25, -0.2) is 0 Å². The first-order chi connectivity index (χ1) is 8.74. The first kappa shape index (κ1) is 17.8. The highest BCUT2D eigenvalue weighted by molar-refractivity contribution is 14.0. The zero-order valence-electron chi connectivity index (χ0n) is 11.8. The van der Waals surface area contributed by atoms with E-state index in [0.717, 1.165) is 24.6 Å². The van der Waals surface area contributed by atoms with Gasteiger partial charge in [0.05, 0.1) is 14.2 Å². The van der Waals surface area contributed by atoms with Gasteiger partial charge in [0, 0.05) is 25.3 Å². The summed E-state index contributed by atoms with van der Waals surface area (Å²) in [5.74, 6) is 2.14. The smallest absolute Gasteiger partial charge is 0.195 e. The van der Waals surface area contributed by atoms with Gasteiger partial charge in [-0.3, -0.25) is 4.99 Å². The summed E-state index contributed by atoms with van der Waals surface area (Å²) in [6.07, 6.45) is 1.05.